The molecule has 8 heteroatoms. The first-order chi connectivity index (χ1) is 11.7. The van der Waals surface area contributed by atoms with Gasteiger partial charge in [0, 0.05) is 0 Å². The number of carbonyl (C=O) groups is 3. The molecule has 0 aromatic heterocycles. The Kier molecular flexibility index (Phi) is 14.6. The Hall–Kier alpha value is -2.57. The van der Waals surface area contributed by atoms with E-state index >= 15 is 0 Å². The summed E-state index contributed by atoms with van der Waals surface area (Å²) in [7, 11) is 3.43. The summed E-state index contributed by atoms with van der Waals surface area (Å²) in [5.41, 5.74) is 0.440. The fraction of sp³-hybridized carbons (Fsp3) is 0.167. The van der Waals surface area contributed by atoms with Crippen molar-refractivity contribution >= 4 is 17.9 Å². The second kappa shape index (κ2) is 14.7. The number of hydrogen-bond donors (Lipinski definition) is 1. The van der Waals surface area contributed by atoms with E-state index in [2.05, 4.69) is 0 Å². The third kappa shape index (κ3) is 13.8. The van der Waals surface area contributed by atoms with Crippen LogP contribution in [0.1, 0.15) is 20.7 Å². The SMILES string of the molecule is CN(C)CC(=O)O.O=C([O-])c1ccccc1.O=C([O-])c1ccccc1.[Zn+2]. The van der Waals surface area contributed by atoms with E-state index in [0.717, 1.165) is 0 Å². The molecule has 7 nitrogen and oxygen atoms in total. The Morgan fingerprint density at radius 2 is 1.12 bits per heavy atom. The average Bonchev–Trinajstić information content (AvgIpc) is 2.56. The first kappa shape index (κ1) is 25.7. The number of carboxylic acids is 3. The molecule has 2 aromatic carbocycles. The molecule has 0 radical (unpaired) electrons. The van der Waals surface area contributed by atoms with Crippen LogP contribution in [0.4, 0.5) is 0 Å². The number of hydrogen-bond acceptors (Lipinski definition) is 6. The summed E-state index contributed by atoms with van der Waals surface area (Å²) in [5, 5.41) is 28.2. The molecule has 0 aliphatic rings. The van der Waals surface area contributed by atoms with Crippen LogP contribution >= 0.6 is 0 Å². The van der Waals surface area contributed by atoms with Gasteiger partial charge in [-0.15, -0.1) is 0 Å². The average molecular weight is 411 g/mol. The monoisotopic (exact) mass is 409 g/mol. The zero-order valence-electron chi connectivity index (χ0n) is 14.6. The second-order valence-corrected chi connectivity index (χ2v) is 4.94. The van der Waals surface area contributed by atoms with E-state index in [9.17, 15) is 24.6 Å². The maximum Gasteiger partial charge on any atom is 2.00 e. The first-order valence-electron chi connectivity index (χ1n) is 7.13. The van der Waals surface area contributed by atoms with E-state index in [0.29, 0.717) is 0 Å². The molecule has 0 fully saturated rings. The van der Waals surface area contributed by atoms with E-state index in [4.69, 9.17) is 5.11 Å². The van der Waals surface area contributed by atoms with Crippen LogP contribution in [0, 0.1) is 0 Å². The van der Waals surface area contributed by atoms with E-state index in [-0.39, 0.29) is 37.1 Å². The zero-order valence-corrected chi connectivity index (χ0v) is 17.6. The molecule has 26 heavy (non-hydrogen) atoms. The number of carboxylic acid groups (broad SMARTS) is 3. The van der Waals surface area contributed by atoms with Gasteiger partial charge in [-0.1, -0.05) is 60.7 Å². The van der Waals surface area contributed by atoms with Gasteiger partial charge in [-0.25, -0.2) is 0 Å². The summed E-state index contributed by atoms with van der Waals surface area (Å²) in [6.45, 7) is 0.111. The van der Waals surface area contributed by atoms with Crippen LogP contribution in [0.25, 0.3) is 0 Å². The van der Waals surface area contributed by atoms with Crippen molar-refractivity contribution in [2.45, 2.75) is 0 Å². The van der Waals surface area contributed by atoms with Gasteiger partial charge < -0.3 is 24.9 Å². The Morgan fingerprint density at radius 3 is 1.23 bits per heavy atom. The third-order valence-electron chi connectivity index (χ3n) is 2.47. The van der Waals surface area contributed by atoms with E-state index in [1.165, 1.54) is 24.3 Å². The van der Waals surface area contributed by atoms with Gasteiger partial charge in [0.05, 0.1) is 18.5 Å². The molecule has 0 aliphatic heterocycles. The molecule has 0 unspecified atom stereocenters. The normalized spacial score (nSPS) is 8.73. The topological polar surface area (TPSA) is 121 Å². The van der Waals surface area contributed by atoms with Crippen LogP contribution in [0.3, 0.4) is 0 Å². The standard InChI is InChI=1S/2C7H6O2.C4H9NO2.Zn/c2*8-7(9)6-4-2-1-3-5-6;1-5(2)3-4(6)7;/h2*1-5H,(H,8,9);3H2,1-2H3,(H,6,7);/q;;;+2/p-2. The molecule has 0 atom stereocenters. The van der Waals surface area contributed by atoms with Gasteiger partial charge >= 0.3 is 25.4 Å². The van der Waals surface area contributed by atoms with Gasteiger partial charge in [0.25, 0.3) is 0 Å². The molecule has 1 N–H and O–H groups in total. The minimum atomic E-state index is -1.13. The number of nitrogens with zero attached hydrogens (tertiary/aromatic N) is 1. The van der Waals surface area contributed by atoms with Crippen molar-refractivity contribution in [3.8, 4) is 0 Å². The predicted octanol–water partition coefficient (Wildman–Crippen LogP) is -0.270. The van der Waals surface area contributed by atoms with Crippen LogP contribution < -0.4 is 10.2 Å². The van der Waals surface area contributed by atoms with E-state index in [1.54, 1.807) is 55.4 Å². The fourth-order valence-corrected chi connectivity index (χ4v) is 1.42. The molecular weight excluding hydrogens is 392 g/mol. The summed E-state index contributed by atoms with van der Waals surface area (Å²) in [4.78, 5) is 31.5. The molecule has 2 aromatic rings. The third-order valence-corrected chi connectivity index (χ3v) is 2.47. The van der Waals surface area contributed by atoms with Crippen molar-refractivity contribution in [3.05, 3.63) is 71.8 Å². The van der Waals surface area contributed by atoms with Crippen LogP contribution in [-0.4, -0.2) is 48.6 Å². The molecule has 0 amide bonds. The van der Waals surface area contributed by atoms with Gasteiger partial charge in [0.15, 0.2) is 0 Å². The van der Waals surface area contributed by atoms with Crippen molar-refractivity contribution in [3.63, 3.8) is 0 Å². The second-order valence-electron chi connectivity index (χ2n) is 4.94. The number of likely N-dealkylation sites (N-methyl/N-ethyl adjacent to an activating group) is 1. The first-order valence-corrected chi connectivity index (χ1v) is 7.13. The number of rotatable bonds is 4. The molecule has 0 saturated heterocycles. The largest absolute Gasteiger partial charge is 2.00 e. The Morgan fingerprint density at radius 1 is 0.808 bits per heavy atom. The van der Waals surface area contributed by atoms with Crippen LogP contribution in [-0.2, 0) is 24.3 Å². The molecular formula is C18H19NO6Zn. The minimum Gasteiger partial charge on any atom is -0.545 e. The van der Waals surface area contributed by atoms with E-state index in [1.807, 2.05) is 0 Å². The number of carbonyl (C=O) groups excluding carboxylic acids is 2. The number of aromatic carboxylic acids is 2. The fourth-order valence-electron chi connectivity index (χ4n) is 1.42. The summed E-state index contributed by atoms with van der Waals surface area (Å²) in [6.07, 6.45) is 0. The van der Waals surface area contributed by atoms with Gasteiger partial charge in [0.1, 0.15) is 0 Å². The molecule has 0 saturated carbocycles. The van der Waals surface area contributed by atoms with E-state index < -0.39 is 17.9 Å². The van der Waals surface area contributed by atoms with Crippen molar-refractivity contribution in [2.75, 3.05) is 20.6 Å². The van der Waals surface area contributed by atoms with Crippen molar-refractivity contribution in [1.82, 2.24) is 4.90 Å². The number of aliphatic carboxylic acids is 1. The number of benzene rings is 2. The summed E-state index contributed by atoms with van der Waals surface area (Å²) >= 11 is 0. The van der Waals surface area contributed by atoms with Gasteiger partial charge in [-0.2, -0.15) is 0 Å². The molecule has 2 rings (SSSR count). The molecule has 0 spiro atoms. The minimum absolute atomic E-state index is 0. The Labute approximate surface area is 164 Å². The summed E-state index contributed by atoms with van der Waals surface area (Å²) in [6, 6.07) is 16.1. The van der Waals surface area contributed by atoms with Crippen LogP contribution in [0.2, 0.25) is 0 Å². The van der Waals surface area contributed by atoms with Crippen LogP contribution in [0.5, 0.6) is 0 Å². The maximum atomic E-state index is 10.1. The molecule has 0 heterocycles. The molecule has 0 aliphatic carbocycles. The van der Waals surface area contributed by atoms with Crippen molar-refractivity contribution in [1.29, 1.82) is 0 Å². The zero-order chi connectivity index (χ0) is 19.2. The van der Waals surface area contributed by atoms with Gasteiger partial charge in [-0.3, -0.25) is 9.69 Å². The molecule has 134 valence electrons. The summed E-state index contributed by atoms with van der Waals surface area (Å²) < 4.78 is 0. The maximum absolute atomic E-state index is 10.1. The Balaban J connectivity index is 0. The van der Waals surface area contributed by atoms with Gasteiger partial charge in [0.2, 0.25) is 0 Å². The summed E-state index contributed by atoms with van der Waals surface area (Å²) in [5.74, 6) is -3.05. The molecule has 0 bridgehead atoms. The predicted molar refractivity (Wildman–Crippen MR) is 87.7 cm³/mol. The smallest absolute Gasteiger partial charge is 0.545 e. The van der Waals surface area contributed by atoms with Crippen molar-refractivity contribution in [2.24, 2.45) is 0 Å². The Bertz CT molecular complexity index is 612. The quantitative estimate of drug-likeness (QED) is 0.689. The van der Waals surface area contributed by atoms with Crippen molar-refractivity contribution < 1.29 is 49.2 Å². The van der Waals surface area contributed by atoms with Crippen LogP contribution in [0.15, 0.2) is 60.7 Å². The van der Waals surface area contributed by atoms with Gasteiger partial charge in [-0.05, 0) is 25.2 Å².